The van der Waals surface area contributed by atoms with Crippen molar-refractivity contribution in [1.29, 1.82) is 0 Å². The van der Waals surface area contributed by atoms with Gasteiger partial charge >= 0.3 is 0 Å². The maximum absolute atomic E-state index is 12.3. The van der Waals surface area contributed by atoms with E-state index in [1.807, 2.05) is 25.2 Å². The minimum atomic E-state index is -0.0195. The van der Waals surface area contributed by atoms with Gasteiger partial charge in [0.05, 0.1) is 0 Å². The average Bonchev–Trinajstić information content (AvgIpc) is 2.44. The molecule has 2 aromatic carbocycles. The number of likely N-dealkylation sites (N-methyl/N-ethyl adjacent to an activating group) is 1. The molecule has 3 nitrogen and oxygen atoms in total. The van der Waals surface area contributed by atoms with Gasteiger partial charge in [-0.3, -0.25) is 4.79 Å². The van der Waals surface area contributed by atoms with E-state index in [2.05, 4.69) is 28.1 Å². The molecule has 0 atom stereocenters. The quantitative estimate of drug-likeness (QED) is 0.873. The van der Waals surface area contributed by atoms with Crippen LogP contribution < -0.4 is 5.73 Å². The highest BCUT2D eigenvalue weighted by atomic mass is 79.9. The molecule has 2 rings (SSSR count). The summed E-state index contributed by atoms with van der Waals surface area (Å²) >= 11 is 3.36. The molecule has 4 heteroatoms. The van der Waals surface area contributed by atoms with Crippen LogP contribution in [-0.4, -0.2) is 24.4 Å². The van der Waals surface area contributed by atoms with Crippen molar-refractivity contribution in [2.75, 3.05) is 19.3 Å². The number of hydrogen-bond donors (Lipinski definition) is 1. The summed E-state index contributed by atoms with van der Waals surface area (Å²) in [5.74, 6) is -0.0195. The van der Waals surface area contributed by atoms with E-state index in [1.54, 1.807) is 23.1 Å². The van der Waals surface area contributed by atoms with Gasteiger partial charge in [0.25, 0.3) is 5.91 Å². The third-order valence-corrected chi connectivity index (χ3v) is 3.55. The number of carbonyl (C=O) groups excluding carboxylic acids is 1. The molecule has 0 fully saturated rings. The Balaban J connectivity index is 2.01. The van der Waals surface area contributed by atoms with Crippen LogP contribution in [0.4, 0.5) is 5.69 Å². The van der Waals surface area contributed by atoms with Crippen molar-refractivity contribution in [3.05, 3.63) is 64.1 Å². The number of rotatable bonds is 4. The fourth-order valence-corrected chi connectivity index (χ4v) is 2.51. The molecule has 0 saturated carbocycles. The monoisotopic (exact) mass is 332 g/mol. The Kier molecular flexibility index (Phi) is 4.79. The number of carbonyl (C=O) groups is 1. The second kappa shape index (κ2) is 6.57. The first kappa shape index (κ1) is 14.6. The molecule has 0 saturated heterocycles. The smallest absolute Gasteiger partial charge is 0.253 e. The topological polar surface area (TPSA) is 46.3 Å². The van der Waals surface area contributed by atoms with E-state index in [1.165, 1.54) is 5.56 Å². The molecule has 0 aromatic heterocycles. The highest BCUT2D eigenvalue weighted by Gasteiger charge is 2.12. The van der Waals surface area contributed by atoms with Crippen molar-refractivity contribution >= 4 is 27.5 Å². The lowest BCUT2D eigenvalue weighted by atomic mass is 10.1. The van der Waals surface area contributed by atoms with Gasteiger partial charge < -0.3 is 10.6 Å². The standard InChI is InChI=1S/C16H17BrN2O/c1-19(8-7-12-5-3-2-4-6-12)16(20)13-9-14(17)11-15(18)10-13/h2-6,9-11H,7-8,18H2,1H3. The van der Waals surface area contributed by atoms with Gasteiger partial charge in [0.15, 0.2) is 0 Å². The number of amides is 1. The highest BCUT2D eigenvalue weighted by molar-refractivity contribution is 9.10. The van der Waals surface area contributed by atoms with Crippen LogP contribution in [0.2, 0.25) is 0 Å². The maximum atomic E-state index is 12.3. The molecule has 2 N–H and O–H groups in total. The summed E-state index contributed by atoms with van der Waals surface area (Å²) in [7, 11) is 1.81. The second-order valence-electron chi connectivity index (χ2n) is 4.74. The number of hydrogen-bond acceptors (Lipinski definition) is 2. The number of nitrogens with zero attached hydrogens (tertiary/aromatic N) is 1. The van der Waals surface area contributed by atoms with Gasteiger partial charge in [-0.25, -0.2) is 0 Å². The largest absolute Gasteiger partial charge is 0.399 e. The fraction of sp³-hybridized carbons (Fsp3) is 0.188. The van der Waals surface area contributed by atoms with Crippen LogP contribution in [-0.2, 0) is 6.42 Å². The van der Waals surface area contributed by atoms with Gasteiger partial charge in [0.1, 0.15) is 0 Å². The third-order valence-electron chi connectivity index (χ3n) is 3.09. The Morgan fingerprint density at radius 2 is 1.90 bits per heavy atom. The maximum Gasteiger partial charge on any atom is 0.253 e. The molecule has 0 heterocycles. The Hall–Kier alpha value is -1.81. The molecule has 0 bridgehead atoms. The summed E-state index contributed by atoms with van der Waals surface area (Å²) in [5.41, 5.74) is 8.17. The molecular formula is C16H17BrN2O. The zero-order valence-electron chi connectivity index (χ0n) is 11.3. The van der Waals surface area contributed by atoms with Crippen molar-refractivity contribution < 1.29 is 4.79 Å². The summed E-state index contributed by atoms with van der Waals surface area (Å²) in [5, 5.41) is 0. The molecule has 2 aromatic rings. The van der Waals surface area contributed by atoms with Gasteiger partial charge in [0, 0.05) is 29.3 Å². The van der Waals surface area contributed by atoms with E-state index in [0.717, 1.165) is 10.9 Å². The molecule has 1 amide bonds. The number of benzene rings is 2. The van der Waals surface area contributed by atoms with Gasteiger partial charge in [-0.05, 0) is 30.2 Å². The molecule has 20 heavy (non-hydrogen) atoms. The van der Waals surface area contributed by atoms with E-state index in [9.17, 15) is 4.79 Å². The van der Waals surface area contributed by atoms with Crippen LogP contribution in [0, 0.1) is 0 Å². The predicted molar refractivity (Wildman–Crippen MR) is 85.7 cm³/mol. The van der Waals surface area contributed by atoms with Crippen molar-refractivity contribution in [3.63, 3.8) is 0 Å². The van der Waals surface area contributed by atoms with Crippen molar-refractivity contribution in [3.8, 4) is 0 Å². The minimum absolute atomic E-state index is 0.0195. The molecule has 104 valence electrons. The molecule has 0 spiro atoms. The van der Waals surface area contributed by atoms with E-state index in [-0.39, 0.29) is 5.91 Å². The first-order valence-electron chi connectivity index (χ1n) is 6.42. The Morgan fingerprint density at radius 3 is 2.55 bits per heavy atom. The van der Waals surface area contributed by atoms with Gasteiger partial charge in [-0.1, -0.05) is 46.3 Å². The minimum Gasteiger partial charge on any atom is -0.399 e. The first-order chi connectivity index (χ1) is 9.56. The summed E-state index contributed by atoms with van der Waals surface area (Å²) in [6.45, 7) is 0.676. The molecular weight excluding hydrogens is 316 g/mol. The second-order valence-corrected chi connectivity index (χ2v) is 5.65. The van der Waals surface area contributed by atoms with E-state index >= 15 is 0 Å². The van der Waals surface area contributed by atoms with Crippen LogP contribution in [0.5, 0.6) is 0 Å². The molecule has 0 aliphatic heterocycles. The molecule has 0 radical (unpaired) electrons. The molecule has 0 unspecified atom stereocenters. The predicted octanol–water partition coefficient (Wildman–Crippen LogP) is 3.35. The van der Waals surface area contributed by atoms with Crippen LogP contribution in [0.1, 0.15) is 15.9 Å². The Bertz CT molecular complexity index is 578. The zero-order chi connectivity index (χ0) is 14.5. The summed E-state index contributed by atoms with van der Waals surface area (Å²) < 4.78 is 0.817. The number of halogens is 1. The van der Waals surface area contributed by atoms with Crippen molar-refractivity contribution in [2.24, 2.45) is 0 Å². The van der Waals surface area contributed by atoms with E-state index < -0.39 is 0 Å². The average molecular weight is 333 g/mol. The van der Waals surface area contributed by atoms with Crippen LogP contribution >= 0.6 is 15.9 Å². The van der Waals surface area contributed by atoms with Crippen LogP contribution in [0.25, 0.3) is 0 Å². The van der Waals surface area contributed by atoms with Gasteiger partial charge in [-0.2, -0.15) is 0 Å². The van der Waals surface area contributed by atoms with Crippen molar-refractivity contribution in [2.45, 2.75) is 6.42 Å². The lowest BCUT2D eigenvalue weighted by Gasteiger charge is -2.17. The lowest BCUT2D eigenvalue weighted by Crippen LogP contribution is -2.28. The summed E-state index contributed by atoms with van der Waals surface area (Å²) in [6, 6.07) is 15.4. The van der Waals surface area contributed by atoms with E-state index in [0.29, 0.717) is 17.8 Å². The van der Waals surface area contributed by atoms with Gasteiger partial charge in [0.2, 0.25) is 0 Å². The SMILES string of the molecule is CN(CCc1ccccc1)C(=O)c1cc(N)cc(Br)c1. The number of nitrogen functional groups attached to an aromatic ring is 1. The highest BCUT2D eigenvalue weighted by Crippen LogP contribution is 2.18. The normalized spacial score (nSPS) is 10.3. The summed E-state index contributed by atoms with van der Waals surface area (Å²) in [4.78, 5) is 14.0. The Morgan fingerprint density at radius 1 is 1.20 bits per heavy atom. The van der Waals surface area contributed by atoms with E-state index in [4.69, 9.17) is 5.73 Å². The third kappa shape index (κ3) is 3.84. The molecule has 0 aliphatic carbocycles. The fourth-order valence-electron chi connectivity index (χ4n) is 2.00. The molecule has 0 aliphatic rings. The van der Waals surface area contributed by atoms with Crippen LogP contribution in [0.3, 0.4) is 0 Å². The summed E-state index contributed by atoms with van der Waals surface area (Å²) in [6.07, 6.45) is 0.840. The van der Waals surface area contributed by atoms with Crippen molar-refractivity contribution in [1.82, 2.24) is 4.90 Å². The number of nitrogens with two attached hydrogens (primary N) is 1. The first-order valence-corrected chi connectivity index (χ1v) is 7.21. The lowest BCUT2D eigenvalue weighted by molar-refractivity contribution is 0.0796. The zero-order valence-corrected chi connectivity index (χ0v) is 12.9. The Labute approximate surface area is 127 Å². The number of anilines is 1. The van der Waals surface area contributed by atoms with Crippen LogP contribution in [0.15, 0.2) is 53.0 Å². The van der Waals surface area contributed by atoms with Gasteiger partial charge in [-0.15, -0.1) is 0 Å².